The van der Waals surface area contributed by atoms with Gasteiger partial charge in [0.15, 0.2) is 0 Å². The first-order valence-electron chi connectivity index (χ1n) is 7.54. The summed E-state index contributed by atoms with van der Waals surface area (Å²) in [7, 11) is 0. The van der Waals surface area contributed by atoms with Gasteiger partial charge in [-0.15, -0.1) is 0 Å². The Balaban J connectivity index is 1.42. The maximum Gasteiger partial charge on any atom is 0.273 e. The van der Waals surface area contributed by atoms with Gasteiger partial charge in [0.25, 0.3) is 5.19 Å². The molecule has 0 amide bonds. The zero-order valence-electron chi connectivity index (χ0n) is 11.9. The number of nitrogens with zero attached hydrogens (tertiary/aromatic N) is 4. The Morgan fingerprint density at radius 1 is 1.14 bits per heavy atom. The van der Waals surface area contributed by atoms with Crippen LogP contribution in [0.2, 0.25) is 0 Å². The molecule has 5 nitrogen and oxygen atoms in total. The third-order valence-corrected chi connectivity index (χ3v) is 4.93. The van der Waals surface area contributed by atoms with Gasteiger partial charge in [0.1, 0.15) is 18.2 Å². The van der Waals surface area contributed by atoms with Gasteiger partial charge in [-0.05, 0) is 19.3 Å². The van der Waals surface area contributed by atoms with Crippen LogP contribution in [0, 0.1) is 0 Å². The van der Waals surface area contributed by atoms with Gasteiger partial charge < -0.3 is 9.64 Å². The fraction of sp³-hybridized carbons (Fsp3) is 0.533. The second-order valence-electron chi connectivity index (χ2n) is 5.58. The van der Waals surface area contributed by atoms with Crippen LogP contribution in [-0.4, -0.2) is 34.1 Å². The first kappa shape index (κ1) is 13.0. The number of piperidine rings is 1. The Hall–Kier alpha value is -1.69. The van der Waals surface area contributed by atoms with Crippen LogP contribution in [0.15, 0.2) is 17.9 Å². The molecule has 0 spiro atoms. The first-order chi connectivity index (χ1) is 10.4. The molecular weight excluding hydrogens is 284 g/mol. The van der Waals surface area contributed by atoms with Crippen molar-refractivity contribution in [3.63, 3.8) is 0 Å². The van der Waals surface area contributed by atoms with Crippen LogP contribution in [0.5, 0.6) is 5.19 Å². The van der Waals surface area contributed by atoms with Gasteiger partial charge in [-0.25, -0.2) is 15.0 Å². The second-order valence-corrected chi connectivity index (χ2v) is 6.44. The Morgan fingerprint density at radius 2 is 2.05 bits per heavy atom. The van der Waals surface area contributed by atoms with Crippen LogP contribution >= 0.6 is 11.3 Å². The molecule has 0 bridgehead atoms. The zero-order chi connectivity index (χ0) is 14.1. The number of rotatable bonds is 3. The highest BCUT2D eigenvalue weighted by Crippen LogP contribution is 2.30. The molecule has 4 rings (SSSR count). The van der Waals surface area contributed by atoms with E-state index in [9.17, 15) is 0 Å². The van der Waals surface area contributed by atoms with Crippen molar-refractivity contribution < 1.29 is 4.74 Å². The summed E-state index contributed by atoms with van der Waals surface area (Å²) in [6.07, 6.45) is 9.29. The molecule has 2 aromatic rings. The summed E-state index contributed by atoms with van der Waals surface area (Å²) in [5, 5.41) is 2.74. The van der Waals surface area contributed by atoms with Crippen molar-refractivity contribution >= 4 is 17.2 Å². The molecule has 21 heavy (non-hydrogen) atoms. The molecule has 0 saturated carbocycles. The molecule has 6 heteroatoms. The van der Waals surface area contributed by atoms with E-state index >= 15 is 0 Å². The number of ether oxygens (including phenoxy) is 1. The predicted molar refractivity (Wildman–Crippen MR) is 82.0 cm³/mol. The van der Waals surface area contributed by atoms with E-state index in [1.807, 2.05) is 5.38 Å². The molecule has 3 heterocycles. The van der Waals surface area contributed by atoms with E-state index in [4.69, 9.17) is 4.74 Å². The molecule has 1 fully saturated rings. The lowest BCUT2D eigenvalue weighted by Crippen LogP contribution is -2.39. The summed E-state index contributed by atoms with van der Waals surface area (Å²) in [6.45, 7) is 2.00. The van der Waals surface area contributed by atoms with Crippen molar-refractivity contribution in [1.82, 2.24) is 15.0 Å². The van der Waals surface area contributed by atoms with E-state index in [-0.39, 0.29) is 6.10 Å². The molecule has 0 radical (unpaired) electrons. The Morgan fingerprint density at radius 3 is 2.86 bits per heavy atom. The smallest absolute Gasteiger partial charge is 0.273 e. The highest BCUT2D eigenvalue weighted by Gasteiger charge is 2.26. The fourth-order valence-corrected chi connectivity index (χ4v) is 3.76. The van der Waals surface area contributed by atoms with Crippen LogP contribution in [0.3, 0.4) is 0 Å². The maximum atomic E-state index is 5.92. The predicted octanol–water partition coefficient (Wildman–Crippen LogP) is 2.47. The summed E-state index contributed by atoms with van der Waals surface area (Å²) in [5.74, 6) is 1.16. The van der Waals surface area contributed by atoms with Crippen LogP contribution in [0.1, 0.15) is 30.5 Å². The largest absolute Gasteiger partial charge is 0.467 e. The molecule has 0 N–H and O–H groups in total. The number of fused-ring (bicyclic) bond motifs is 1. The standard InChI is InChI=1S/C15H18N4OS/c1-2-12-13(3-1)17-10-18-14(12)19-7-4-11(5-8-19)20-15-16-6-9-21-15/h6,9-11H,1-5,7-8H2. The first-order valence-corrected chi connectivity index (χ1v) is 8.42. The normalized spacial score (nSPS) is 18.8. The number of aryl methyl sites for hydroxylation is 1. The average molecular weight is 302 g/mol. The molecule has 1 aliphatic heterocycles. The van der Waals surface area contributed by atoms with Crippen molar-refractivity contribution in [1.29, 1.82) is 0 Å². The minimum Gasteiger partial charge on any atom is -0.467 e. The van der Waals surface area contributed by atoms with Crippen LogP contribution < -0.4 is 9.64 Å². The summed E-state index contributed by atoms with van der Waals surface area (Å²) < 4.78 is 5.92. The Labute approximate surface area is 128 Å². The van der Waals surface area contributed by atoms with Gasteiger partial charge in [0, 0.05) is 48.8 Å². The Kier molecular flexibility index (Phi) is 3.47. The zero-order valence-corrected chi connectivity index (χ0v) is 12.7. The van der Waals surface area contributed by atoms with Crippen molar-refractivity contribution in [2.45, 2.75) is 38.2 Å². The van der Waals surface area contributed by atoms with Crippen LogP contribution in [0.4, 0.5) is 5.82 Å². The highest BCUT2D eigenvalue weighted by atomic mass is 32.1. The van der Waals surface area contributed by atoms with E-state index in [1.54, 1.807) is 23.9 Å². The minimum absolute atomic E-state index is 0.280. The van der Waals surface area contributed by atoms with Gasteiger partial charge >= 0.3 is 0 Å². The lowest BCUT2D eigenvalue weighted by molar-refractivity contribution is 0.170. The highest BCUT2D eigenvalue weighted by molar-refractivity contribution is 7.11. The average Bonchev–Trinajstić information content (AvgIpc) is 3.18. The Bertz CT molecular complexity index is 608. The summed E-state index contributed by atoms with van der Waals surface area (Å²) in [6, 6.07) is 0. The molecule has 1 aliphatic carbocycles. The fourth-order valence-electron chi connectivity index (χ4n) is 3.21. The third-order valence-electron chi connectivity index (χ3n) is 4.27. The van der Waals surface area contributed by atoms with Crippen LogP contribution in [-0.2, 0) is 12.8 Å². The maximum absolute atomic E-state index is 5.92. The quantitative estimate of drug-likeness (QED) is 0.872. The molecule has 0 atom stereocenters. The van der Waals surface area contributed by atoms with E-state index in [0.29, 0.717) is 0 Å². The molecular formula is C15H18N4OS. The van der Waals surface area contributed by atoms with E-state index < -0.39 is 0 Å². The van der Waals surface area contributed by atoms with Gasteiger partial charge in [-0.2, -0.15) is 0 Å². The number of thiazole rings is 1. The number of anilines is 1. The van der Waals surface area contributed by atoms with Gasteiger partial charge in [-0.1, -0.05) is 11.3 Å². The SMILES string of the molecule is c1csc(OC2CCN(c3ncnc4c3CCC4)CC2)n1. The summed E-state index contributed by atoms with van der Waals surface area (Å²) >= 11 is 1.56. The third kappa shape index (κ3) is 2.60. The van der Waals surface area contributed by atoms with E-state index in [1.165, 1.54) is 17.7 Å². The molecule has 2 aliphatic rings. The number of hydrogen-bond acceptors (Lipinski definition) is 6. The van der Waals surface area contributed by atoms with Gasteiger partial charge in [-0.3, -0.25) is 0 Å². The van der Waals surface area contributed by atoms with Crippen molar-refractivity contribution in [3.8, 4) is 5.19 Å². The van der Waals surface area contributed by atoms with Gasteiger partial charge in [0.05, 0.1) is 0 Å². The second kappa shape index (κ2) is 5.60. The topological polar surface area (TPSA) is 51.1 Å². The number of aromatic nitrogens is 3. The lowest BCUT2D eigenvalue weighted by Gasteiger charge is -2.33. The van der Waals surface area contributed by atoms with Crippen molar-refractivity contribution in [2.75, 3.05) is 18.0 Å². The molecule has 0 aromatic carbocycles. The minimum atomic E-state index is 0.280. The molecule has 110 valence electrons. The molecule has 2 aromatic heterocycles. The van der Waals surface area contributed by atoms with Crippen molar-refractivity contribution in [2.24, 2.45) is 0 Å². The van der Waals surface area contributed by atoms with Crippen molar-refractivity contribution in [3.05, 3.63) is 29.2 Å². The lowest BCUT2D eigenvalue weighted by atomic mass is 10.1. The number of hydrogen-bond donors (Lipinski definition) is 0. The molecule has 0 unspecified atom stereocenters. The summed E-state index contributed by atoms with van der Waals surface area (Å²) in [4.78, 5) is 15.5. The van der Waals surface area contributed by atoms with Crippen LogP contribution in [0.25, 0.3) is 0 Å². The summed E-state index contributed by atoms with van der Waals surface area (Å²) in [5.41, 5.74) is 2.62. The van der Waals surface area contributed by atoms with Gasteiger partial charge in [0.2, 0.25) is 0 Å². The molecule has 1 saturated heterocycles. The monoisotopic (exact) mass is 302 g/mol. The van der Waals surface area contributed by atoms with E-state index in [0.717, 1.165) is 49.8 Å². The van der Waals surface area contributed by atoms with E-state index in [2.05, 4.69) is 19.9 Å².